The van der Waals surface area contributed by atoms with E-state index >= 15 is 0 Å². The topological polar surface area (TPSA) is 67.9 Å². The first-order valence-electron chi connectivity index (χ1n) is 7.24. The van der Waals surface area contributed by atoms with Crippen LogP contribution < -0.4 is 10.1 Å². The van der Waals surface area contributed by atoms with E-state index in [4.69, 9.17) is 4.74 Å². The van der Waals surface area contributed by atoms with Crippen molar-refractivity contribution in [3.05, 3.63) is 35.4 Å². The molecule has 0 saturated carbocycles. The fourth-order valence-corrected chi connectivity index (χ4v) is 2.77. The van der Waals surface area contributed by atoms with Gasteiger partial charge in [-0.1, -0.05) is 12.1 Å². The van der Waals surface area contributed by atoms with Gasteiger partial charge in [0, 0.05) is 25.7 Å². The molecule has 1 aromatic carbocycles. The van der Waals surface area contributed by atoms with Crippen molar-refractivity contribution >= 4 is 18.0 Å². The standard InChI is InChI=1S/C16H18N2O4/c1-21-14(19)6-5-11-3-2-4-13-15(11)16(20)18-8-7-17-9-12(18)10-22-13/h2-6,12,17H,7-10H2,1H3. The number of methoxy groups -OCH3 is 1. The molecule has 1 saturated heterocycles. The number of esters is 1. The SMILES string of the molecule is COC(=O)C=Cc1cccc2c1C(=O)N1CCNCC1CO2. The fraction of sp³-hybridized carbons (Fsp3) is 0.375. The Morgan fingerprint density at radius 2 is 2.36 bits per heavy atom. The second-order valence-electron chi connectivity index (χ2n) is 5.24. The number of nitrogens with one attached hydrogen (secondary N) is 1. The summed E-state index contributed by atoms with van der Waals surface area (Å²) in [5.41, 5.74) is 1.17. The highest BCUT2D eigenvalue weighted by Crippen LogP contribution is 2.29. The Kier molecular flexibility index (Phi) is 4.11. The van der Waals surface area contributed by atoms with Crippen molar-refractivity contribution in [1.29, 1.82) is 0 Å². The molecule has 2 aliphatic heterocycles. The molecule has 0 radical (unpaired) electrons. The third-order valence-corrected chi connectivity index (χ3v) is 3.91. The smallest absolute Gasteiger partial charge is 0.330 e. The first kappa shape index (κ1) is 14.6. The molecule has 0 aromatic heterocycles. The summed E-state index contributed by atoms with van der Waals surface area (Å²) in [5.74, 6) is 0.0511. The van der Waals surface area contributed by atoms with Crippen molar-refractivity contribution in [2.45, 2.75) is 6.04 Å². The molecular weight excluding hydrogens is 284 g/mol. The Hall–Kier alpha value is -2.34. The van der Waals surface area contributed by atoms with Gasteiger partial charge in [-0.15, -0.1) is 0 Å². The highest BCUT2D eigenvalue weighted by Gasteiger charge is 2.33. The van der Waals surface area contributed by atoms with Gasteiger partial charge in [0.25, 0.3) is 5.91 Å². The minimum Gasteiger partial charge on any atom is -0.491 e. The molecule has 1 amide bonds. The summed E-state index contributed by atoms with van der Waals surface area (Å²) < 4.78 is 10.4. The van der Waals surface area contributed by atoms with Crippen molar-refractivity contribution in [2.75, 3.05) is 33.4 Å². The van der Waals surface area contributed by atoms with Gasteiger partial charge in [0.2, 0.25) is 0 Å². The molecule has 1 fully saturated rings. The maximum atomic E-state index is 12.9. The Balaban J connectivity index is 1.98. The van der Waals surface area contributed by atoms with Gasteiger partial charge in [-0.2, -0.15) is 0 Å². The highest BCUT2D eigenvalue weighted by atomic mass is 16.5. The summed E-state index contributed by atoms with van der Waals surface area (Å²) in [4.78, 5) is 26.0. The molecule has 1 N–H and O–H groups in total. The third kappa shape index (κ3) is 2.69. The first-order valence-corrected chi connectivity index (χ1v) is 7.24. The number of benzene rings is 1. The number of rotatable bonds is 2. The predicted molar refractivity (Wildman–Crippen MR) is 80.7 cm³/mol. The van der Waals surface area contributed by atoms with Crippen LogP contribution in [0.1, 0.15) is 15.9 Å². The van der Waals surface area contributed by atoms with Gasteiger partial charge in [-0.05, 0) is 17.7 Å². The Morgan fingerprint density at radius 3 is 3.18 bits per heavy atom. The van der Waals surface area contributed by atoms with E-state index in [2.05, 4.69) is 10.1 Å². The van der Waals surface area contributed by atoms with Crippen LogP contribution in [0.15, 0.2) is 24.3 Å². The summed E-state index contributed by atoms with van der Waals surface area (Å²) in [6, 6.07) is 5.42. The van der Waals surface area contributed by atoms with Gasteiger partial charge in [0.1, 0.15) is 12.4 Å². The summed E-state index contributed by atoms with van der Waals surface area (Å²) in [6.07, 6.45) is 2.90. The van der Waals surface area contributed by atoms with Crippen molar-refractivity contribution in [3.63, 3.8) is 0 Å². The van der Waals surface area contributed by atoms with Crippen LogP contribution in [0.5, 0.6) is 5.75 Å². The van der Waals surface area contributed by atoms with Crippen molar-refractivity contribution in [2.24, 2.45) is 0 Å². The second kappa shape index (κ2) is 6.19. The molecule has 2 heterocycles. The van der Waals surface area contributed by atoms with Gasteiger partial charge in [0.05, 0.1) is 18.7 Å². The average molecular weight is 302 g/mol. The maximum Gasteiger partial charge on any atom is 0.330 e. The minimum atomic E-state index is -0.459. The molecule has 2 aliphatic rings. The number of fused-ring (bicyclic) bond motifs is 2. The zero-order chi connectivity index (χ0) is 15.5. The van der Waals surface area contributed by atoms with E-state index < -0.39 is 5.97 Å². The quantitative estimate of drug-likeness (QED) is 0.643. The van der Waals surface area contributed by atoms with E-state index in [0.717, 1.165) is 13.1 Å². The Morgan fingerprint density at radius 1 is 1.50 bits per heavy atom. The molecule has 1 aromatic rings. The van der Waals surface area contributed by atoms with Crippen molar-refractivity contribution in [3.8, 4) is 5.75 Å². The number of carbonyl (C=O) groups is 2. The molecule has 0 bridgehead atoms. The highest BCUT2D eigenvalue weighted by molar-refractivity contribution is 6.02. The van der Waals surface area contributed by atoms with E-state index in [1.165, 1.54) is 13.2 Å². The number of carbonyl (C=O) groups excluding carboxylic acids is 2. The number of hydrogen-bond acceptors (Lipinski definition) is 5. The normalized spacial score (nSPS) is 20.9. The first-order chi connectivity index (χ1) is 10.7. The Labute approximate surface area is 128 Å². The van der Waals surface area contributed by atoms with E-state index in [1.807, 2.05) is 11.0 Å². The molecule has 6 heteroatoms. The van der Waals surface area contributed by atoms with E-state index in [-0.39, 0.29) is 11.9 Å². The molecule has 0 aliphatic carbocycles. The number of nitrogens with zero attached hydrogens (tertiary/aromatic N) is 1. The van der Waals surface area contributed by atoms with Crippen LogP contribution in [-0.4, -0.2) is 56.2 Å². The zero-order valence-corrected chi connectivity index (χ0v) is 12.4. The lowest BCUT2D eigenvalue weighted by atomic mass is 10.0. The largest absolute Gasteiger partial charge is 0.491 e. The number of ether oxygens (including phenoxy) is 2. The molecule has 1 atom stereocenters. The van der Waals surface area contributed by atoms with E-state index in [9.17, 15) is 9.59 Å². The van der Waals surface area contributed by atoms with Gasteiger partial charge in [0.15, 0.2) is 0 Å². The summed E-state index contributed by atoms with van der Waals surface area (Å²) in [7, 11) is 1.32. The summed E-state index contributed by atoms with van der Waals surface area (Å²) >= 11 is 0. The van der Waals surface area contributed by atoms with Gasteiger partial charge >= 0.3 is 5.97 Å². The average Bonchev–Trinajstić information content (AvgIpc) is 2.71. The van der Waals surface area contributed by atoms with E-state index in [1.54, 1.807) is 18.2 Å². The summed E-state index contributed by atoms with van der Waals surface area (Å²) in [5, 5.41) is 3.27. The maximum absolute atomic E-state index is 12.9. The fourth-order valence-electron chi connectivity index (χ4n) is 2.77. The minimum absolute atomic E-state index is 0.0334. The van der Waals surface area contributed by atoms with Gasteiger partial charge in [-0.25, -0.2) is 4.79 Å². The van der Waals surface area contributed by atoms with Gasteiger partial charge < -0.3 is 19.7 Å². The van der Waals surface area contributed by atoms with Crippen LogP contribution in [0.3, 0.4) is 0 Å². The monoisotopic (exact) mass is 302 g/mol. The number of amides is 1. The van der Waals surface area contributed by atoms with Crippen LogP contribution in [0.2, 0.25) is 0 Å². The zero-order valence-electron chi connectivity index (χ0n) is 12.4. The molecule has 6 nitrogen and oxygen atoms in total. The van der Waals surface area contributed by atoms with Crippen molar-refractivity contribution < 1.29 is 19.1 Å². The molecule has 1 unspecified atom stereocenters. The van der Waals surface area contributed by atoms with Crippen LogP contribution in [0, 0.1) is 0 Å². The van der Waals surface area contributed by atoms with Crippen LogP contribution in [0.4, 0.5) is 0 Å². The molecule has 0 spiro atoms. The Bertz CT molecular complexity index is 627. The second-order valence-corrected chi connectivity index (χ2v) is 5.24. The number of piperazine rings is 1. The third-order valence-electron chi connectivity index (χ3n) is 3.91. The van der Waals surface area contributed by atoms with Gasteiger partial charge in [-0.3, -0.25) is 4.79 Å². The van der Waals surface area contributed by atoms with E-state index in [0.29, 0.717) is 30.0 Å². The van der Waals surface area contributed by atoms with Crippen LogP contribution >= 0.6 is 0 Å². The van der Waals surface area contributed by atoms with Crippen molar-refractivity contribution in [1.82, 2.24) is 10.2 Å². The lowest BCUT2D eigenvalue weighted by Crippen LogP contribution is -2.54. The number of hydrogen-bond donors (Lipinski definition) is 1. The van der Waals surface area contributed by atoms with Crippen LogP contribution in [-0.2, 0) is 9.53 Å². The molecular formula is C16H18N2O4. The molecule has 116 valence electrons. The molecule has 22 heavy (non-hydrogen) atoms. The predicted octanol–water partition coefficient (Wildman–Crippen LogP) is 0.679. The molecule has 3 rings (SSSR count). The van der Waals surface area contributed by atoms with Crippen LogP contribution in [0.25, 0.3) is 6.08 Å². The summed E-state index contributed by atoms with van der Waals surface area (Å²) in [6.45, 7) is 2.63. The lowest BCUT2D eigenvalue weighted by molar-refractivity contribution is -0.134. The lowest BCUT2D eigenvalue weighted by Gasteiger charge is -2.34.